The van der Waals surface area contributed by atoms with Crippen molar-refractivity contribution in [2.45, 2.75) is 18.9 Å². The molecule has 0 saturated heterocycles. The molecule has 1 amide bonds. The molecule has 0 saturated carbocycles. The molecule has 0 bridgehead atoms. The highest BCUT2D eigenvalue weighted by atomic mass is 32.2. The molecule has 25 heavy (non-hydrogen) atoms. The summed E-state index contributed by atoms with van der Waals surface area (Å²) in [6.45, 7) is 4.39. The number of carbonyl (C=O) groups is 1. The number of benzene rings is 2. The third-order valence-corrected chi connectivity index (χ3v) is 4.62. The van der Waals surface area contributed by atoms with Crippen molar-refractivity contribution in [3.63, 3.8) is 0 Å². The number of fused-ring (bicyclic) bond motifs is 1. The van der Waals surface area contributed by atoms with E-state index < -0.39 is 0 Å². The summed E-state index contributed by atoms with van der Waals surface area (Å²) in [7, 11) is 0. The second-order valence-electron chi connectivity index (χ2n) is 5.40. The number of carbonyl (C=O) groups excluding carboxylic acids is 1. The number of nitrogens with zero attached hydrogens (tertiary/aromatic N) is 2. The van der Waals surface area contributed by atoms with Crippen LogP contribution in [0.4, 0.5) is 5.69 Å². The molecule has 3 rings (SSSR count). The van der Waals surface area contributed by atoms with Gasteiger partial charge in [-0.3, -0.25) is 4.79 Å². The van der Waals surface area contributed by atoms with E-state index in [1.165, 1.54) is 11.8 Å². The van der Waals surface area contributed by atoms with Crippen molar-refractivity contribution in [3.05, 3.63) is 54.2 Å². The first kappa shape index (κ1) is 17.2. The van der Waals surface area contributed by atoms with Crippen molar-refractivity contribution in [2.24, 2.45) is 0 Å². The number of aryl methyl sites for hydroxylation is 1. The van der Waals surface area contributed by atoms with E-state index in [9.17, 15) is 4.79 Å². The molecule has 0 aliphatic heterocycles. The number of nitrogens with one attached hydrogen (secondary N) is 1. The summed E-state index contributed by atoms with van der Waals surface area (Å²) >= 11 is 1.38. The Morgan fingerprint density at radius 2 is 1.80 bits per heavy atom. The van der Waals surface area contributed by atoms with Gasteiger partial charge < -0.3 is 10.1 Å². The largest absolute Gasteiger partial charge is 0.492 e. The van der Waals surface area contributed by atoms with Crippen LogP contribution in [0.2, 0.25) is 0 Å². The molecule has 0 radical (unpaired) electrons. The Balaban J connectivity index is 1.70. The lowest BCUT2D eigenvalue weighted by molar-refractivity contribution is -0.113. The Kier molecular flexibility index (Phi) is 5.50. The van der Waals surface area contributed by atoms with Gasteiger partial charge in [-0.2, -0.15) is 5.10 Å². The highest BCUT2D eigenvalue weighted by Gasteiger charge is 2.11. The van der Waals surface area contributed by atoms with E-state index in [0.717, 1.165) is 21.5 Å². The van der Waals surface area contributed by atoms with E-state index in [1.54, 1.807) is 0 Å². The maximum atomic E-state index is 12.3. The van der Waals surface area contributed by atoms with Crippen LogP contribution in [0.3, 0.4) is 0 Å². The zero-order valence-electron chi connectivity index (χ0n) is 14.2. The van der Waals surface area contributed by atoms with Crippen LogP contribution in [0.25, 0.3) is 10.8 Å². The number of amides is 1. The molecule has 5 nitrogen and oxygen atoms in total. The normalized spacial score (nSPS) is 10.6. The Bertz CT molecular complexity index is 899. The molecule has 0 spiro atoms. The predicted octanol–water partition coefficient (Wildman–Crippen LogP) is 4.07. The van der Waals surface area contributed by atoms with Crippen molar-refractivity contribution in [2.75, 3.05) is 17.7 Å². The minimum atomic E-state index is -0.108. The third-order valence-electron chi connectivity index (χ3n) is 3.64. The number of anilines is 1. The van der Waals surface area contributed by atoms with Crippen molar-refractivity contribution in [1.29, 1.82) is 0 Å². The number of rotatable bonds is 6. The lowest BCUT2D eigenvalue weighted by atomic mass is 10.1. The highest BCUT2D eigenvalue weighted by molar-refractivity contribution is 8.00. The topological polar surface area (TPSA) is 64.1 Å². The highest BCUT2D eigenvalue weighted by Crippen LogP contribution is 2.27. The molecule has 1 heterocycles. The van der Waals surface area contributed by atoms with Gasteiger partial charge in [0.05, 0.1) is 23.7 Å². The summed E-state index contributed by atoms with van der Waals surface area (Å²) in [6.07, 6.45) is 0. The van der Waals surface area contributed by atoms with Crippen LogP contribution in [0.1, 0.15) is 12.6 Å². The van der Waals surface area contributed by atoms with E-state index in [2.05, 4.69) is 15.5 Å². The van der Waals surface area contributed by atoms with Crippen molar-refractivity contribution in [3.8, 4) is 5.75 Å². The maximum Gasteiger partial charge on any atom is 0.234 e. The number of ether oxygens (including phenoxy) is 1. The van der Waals surface area contributed by atoms with Gasteiger partial charge in [-0.15, -0.1) is 5.10 Å². The number of hydrogen-bond acceptors (Lipinski definition) is 5. The molecule has 1 N–H and O–H groups in total. The van der Waals surface area contributed by atoms with E-state index in [0.29, 0.717) is 18.0 Å². The Morgan fingerprint density at radius 1 is 1.08 bits per heavy atom. The fourth-order valence-corrected chi connectivity index (χ4v) is 3.26. The van der Waals surface area contributed by atoms with Crippen LogP contribution in [0, 0.1) is 6.92 Å². The second kappa shape index (κ2) is 7.98. The lowest BCUT2D eigenvalue weighted by Gasteiger charge is -2.11. The quantitative estimate of drug-likeness (QED) is 0.677. The van der Waals surface area contributed by atoms with Crippen LogP contribution >= 0.6 is 11.8 Å². The van der Waals surface area contributed by atoms with Crippen molar-refractivity contribution in [1.82, 2.24) is 10.2 Å². The number of hydrogen-bond donors (Lipinski definition) is 1. The molecule has 0 unspecified atom stereocenters. The zero-order chi connectivity index (χ0) is 17.6. The van der Waals surface area contributed by atoms with Crippen LogP contribution in [-0.4, -0.2) is 28.5 Å². The first-order chi connectivity index (χ1) is 12.2. The Morgan fingerprint density at radius 3 is 2.60 bits per heavy atom. The standard InChI is InChI=1S/C19H19N3O2S/c1-3-24-17-11-7-6-10-16(17)20-18(23)12-25-19-15-9-5-4-8-14(15)13(2)21-22-19/h4-11H,3,12H2,1-2H3,(H,20,23). The number of para-hydroxylation sites is 2. The van der Waals surface area contributed by atoms with Gasteiger partial charge in [-0.05, 0) is 26.0 Å². The zero-order valence-corrected chi connectivity index (χ0v) is 15.0. The molecule has 128 valence electrons. The third kappa shape index (κ3) is 4.09. The summed E-state index contributed by atoms with van der Waals surface area (Å²) in [4.78, 5) is 12.3. The fourth-order valence-electron chi connectivity index (χ4n) is 2.49. The van der Waals surface area contributed by atoms with Crippen LogP contribution in [0.15, 0.2) is 53.6 Å². The van der Waals surface area contributed by atoms with E-state index in [1.807, 2.05) is 62.4 Å². The molecule has 2 aromatic carbocycles. The van der Waals surface area contributed by atoms with Crippen LogP contribution in [-0.2, 0) is 4.79 Å². The fraction of sp³-hybridized carbons (Fsp3) is 0.211. The Hall–Kier alpha value is -2.60. The van der Waals surface area contributed by atoms with Crippen LogP contribution < -0.4 is 10.1 Å². The van der Waals surface area contributed by atoms with Crippen molar-refractivity contribution < 1.29 is 9.53 Å². The molecular weight excluding hydrogens is 334 g/mol. The monoisotopic (exact) mass is 353 g/mol. The molecule has 0 aliphatic rings. The van der Waals surface area contributed by atoms with E-state index >= 15 is 0 Å². The molecule has 6 heteroatoms. The van der Waals surface area contributed by atoms with Crippen LogP contribution in [0.5, 0.6) is 5.75 Å². The van der Waals surface area contributed by atoms with Gasteiger partial charge in [0.15, 0.2) is 0 Å². The van der Waals surface area contributed by atoms with E-state index in [4.69, 9.17) is 4.74 Å². The first-order valence-electron chi connectivity index (χ1n) is 8.05. The first-order valence-corrected chi connectivity index (χ1v) is 9.04. The molecule has 0 fully saturated rings. The van der Waals surface area contributed by atoms with Gasteiger partial charge in [0.1, 0.15) is 10.8 Å². The summed E-state index contributed by atoms with van der Waals surface area (Å²) in [6, 6.07) is 15.4. The van der Waals surface area contributed by atoms with Gasteiger partial charge in [0.2, 0.25) is 5.91 Å². The molecule has 0 atom stereocenters. The molecule has 3 aromatic rings. The van der Waals surface area contributed by atoms with Crippen molar-refractivity contribution >= 4 is 34.1 Å². The number of thioether (sulfide) groups is 1. The SMILES string of the molecule is CCOc1ccccc1NC(=O)CSc1nnc(C)c2ccccc12. The summed E-state index contributed by atoms with van der Waals surface area (Å²) < 4.78 is 5.53. The molecular formula is C19H19N3O2S. The lowest BCUT2D eigenvalue weighted by Crippen LogP contribution is -2.15. The smallest absolute Gasteiger partial charge is 0.234 e. The van der Waals surface area contributed by atoms with E-state index in [-0.39, 0.29) is 11.7 Å². The summed E-state index contributed by atoms with van der Waals surface area (Å²) in [5.41, 5.74) is 1.56. The average Bonchev–Trinajstić information content (AvgIpc) is 2.63. The van der Waals surface area contributed by atoms with Gasteiger partial charge in [0, 0.05) is 10.8 Å². The maximum absolute atomic E-state index is 12.3. The number of aromatic nitrogens is 2. The minimum absolute atomic E-state index is 0.108. The summed E-state index contributed by atoms with van der Waals surface area (Å²) in [5, 5.41) is 14.2. The molecule has 1 aromatic heterocycles. The summed E-state index contributed by atoms with van der Waals surface area (Å²) in [5.74, 6) is 0.815. The van der Waals surface area contributed by atoms with Gasteiger partial charge in [0.25, 0.3) is 0 Å². The predicted molar refractivity (Wildman–Crippen MR) is 101 cm³/mol. The Labute approximate surface area is 150 Å². The average molecular weight is 353 g/mol. The molecule has 0 aliphatic carbocycles. The van der Waals surface area contributed by atoms with Gasteiger partial charge in [-0.25, -0.2) is 0 Å². The minimum Gasteiger partial charge on any atom is -0.492 e. The van der Waals surface area contributed by atoms with Gasteiger partial charge >= 0.3 is 0 Å². The van der Waals surface area contributed by atoms with Gasteiger partial charge in [-0.1, -0.05) is 48.2 Å². The second-order valence-corrected chi connectivity index (χ2v) is 6.37.